The van der Waals surface area contributed by atoms with Gasteiger partial charge in [0.1, 0.15) is 22.3 Å². The van der Waals surface area contributed by atoms with Crippen LogP contribution < -0.4 is 29.1 Å². The van der Waals surface area contributed by atoms with E-state index in [0.29, 0.717) is 49.3 Å². The molecule has 0 atom stereocenters. The summed E-state index contributed by atoms with van der Waals surface area (Å²) < 4.78 is 12.4. The minimum atomic E-state index is -1.09. The molecule has 2 aliphatic heterocycles. The van der Waals surface area contributed by atoms with Gasteiger partial charge in [0.15, 0.2) is 0 Å². The Morgan fingerprint density at radius 3 is 1.39 bits per heavy atom. The molecule has 10 nitrogen and oxygen atoms in total. The van der Waals surface area contributed by atoms with Crippen LogP contribution in [0.2, 0.25) is 0 Å². The number of alkyl halides is 2. The van der Waals surface area contributed by atoms with Crippen molar-refractivity contribution in [2.75, 3.05) is 70.3 Å². The topological polar surface area (TPSA) is 99.7 Å². The first-order valence-corrected chi connectivity index (χ1v) is 17.6. The van der Waals surface area contributed by atoms with E-state index in [0.717, 1.165) is 34.4 Å². The Balaban J connectivity index is 0.000000250. The Kier molecular flexibility index (Phi) is 12.8. The van der Waals surface area contributed by atoms with Crippen molar-refractivity contribution in [3.8, 4) is 11.5 Å². The number of amides is 4. The minimum Gasteiger partial charge on any atom is -0.493 e. The molecule has 0 saturated heterocycles. The summed E-state index contributed by atoms with van der Waals surface area (Å²) in [6, 6.07) is 11.0. The molecular weight excluding hydrogens is 723 g/mol. The summed E-state index contributed by atoms with van der Waals surface area (Å²) in [5.74, 6) is 1.13. The van der Waals surface area contributed by atoms with E-state index in [1.165, 1.54) is 4.90 Å². The van der Waals surface area contributed by atoms with Crippen LogP contribution in [0, 0.1) is 10.8 Å². The number of rotatable bonds is 10. The molecule has 12 heteroatoms. The highest BCUT2D eigenvalue weighted by Crippen LogP contribution is 2.41. The lowest BCUT2D eigenvalue weighted by Crippen LogP contribution is -2.47. The lowest BCUT2D eigenvalue weighted by molar-refractivity contribution is -0.139. The summed E-state index contributed by atoms with van der Waals surface area (Å²) in [5, 5.41) is 0. The van der Waals surface area contributed by atoms with Crippen LogP contribution in [-0.2, 0) is 19.2 Å². The van der Waals surface area contributed by atoms with E-state index >= 15 is 0 Å². The number of fused-ring (bicyclic) bond motifs is 2. The molecule has 0 bridgehead atoms. The van der Waals surface area contributed by atoms with Gasteiger partial charge in [-0.25, -0.2) is 0 Å². The highest BCUT2D eigenvalue weighted by atomic mass is 127. The van der Waals surface area contributed by atoms with Gasteiger partial charge in [-0.1, -0.05) is 22.6 Å². The fraction of sp³-hybridized carbons (Fsp3) is 0.529. The summed E-state index contributed by atoms with van der Waals surface area (Å²) >= 11 is 7.97. The van der Waals surface area contributed by atoms with E-state index in [1.54, 1.807) is 62.6 Å². The predicted molar refractivity (Wildman–Crippen MR) is 193 cm³/mol. The van der Waals surface area contributed by atoms with E-state index in [9.17, 15) is 19.2 Å². The van der Waals surface area contributed by atoms with E-state index in [1.807, 2.05) is 44.2 Å². The average molecular weight is 769 g/mol. The molecular formula is C34H46ClIN4O6. The van der Waals surface area contributed by atoms with Gasteiger partial charge >= 0.3 is 0 Å². The zero-order valence-corrected chi connectivity index (χ0v) is 31.0. The Morgan fingerprint density at radius 2 is 1.04 bits per heavy atom. The van der Waals surface area contributed by atoms with Crippen LogP contribution in [0.15, 0.2) is 36.4 Å². The summed E-state index contributed by atoms with van der Waals surface area (Å²) in [6.45, 7) is 12.7. The van der Waals surface area contributed by atoms with Crippen molar-refractivity contribution >= 4 is 80.6 Å². The lowest BCUT2D eigenvalue weighted by atomic mass is 9.90. The predicted octanol–water partition coefficient (Wildman–Crippen LogP) is 6.30. The highest BCUT2D eigenvalue weighted by Gasteiger charge is 2.46. The van der Waals surface area contributed by atoms with Crippen molar-refractivity contribution in [3.05, 3.63) is 36.4 Å². The number of ether oxygens (including phenoxy) is 2. The Hall–Kier alpha value is -3.06. The molecule has 0 unspecified atom stereocenters. The molecule has 2 aliphatic rings. The molecule has 46 heavy (non-hydrogen) atoms. The Labute approximate surface area is 291 Å². The van der Waals surface area contributed by atoms with Gasteiger partial charge in [0, 0.05) is 49.6 Å². The van der Waals surface area contributed by atoms with Gasteiger partial charge in [-0.2, -0.15) is 0 Å². The van der Waals surface area contributed by atoms with Crippen molar-refractivity contribution in [1.29, 1.82) is 0 Å². The largest absolute Gasteiger partial charge is 0.493 e. The second-order valence-corrected chi connectivity index (χ2v) is 13.6. The van der Waals surface area contributed by atoms with Crippen molar-refractivity contribution in [3.63, 3.8) is 0 Å². The first-order valence-electron chi connectivity index (χ1n) is 15.5. The minimum absolute atomic E-state index is 0.172. The summed E-state index contributed by atoms with van der Waals surface area (Å²) in [4.78, 5) is 57.3. The SMILES string of the molecule is CCN1C(=O)C(C)(C)C(=O)N(C)c2cc(OCCCCl)ccc21.CCN1C(=O)C(C)(C)C(=O)N(C)c2cc(OCCCI)ccc21. The van der Waals surface area contributed by atoms with Gasteiger partial charge in [0.25, 0.3) is 0 Å². The third kappa shape index (κ3) is 7.56. The fourth-order valence-electron chi connectivity index (χ4n) is 5.43. The van der Waals surface area contributed by atoms with Crippen LogP contribution in [0.1, 0.15) is 54.4 Å². The molecule has 252 valence electrons. The number of anilines is 4. The summed E-state index contributed by atoms with van der Waals surface area (Å²) in [7, 11) is 3.40. The number of benzene rings is 2. The number of nitrogens with zero attached hydrogens (tertiary/aromatic N) is 4. The smallest absolute Gasteiger partial charge is 0.242 e. The second-order valence-electron chi connectivity index (χ2n) is 12.2. The second kappa shape index (κ2) is 15.7. The molecule has 2 aromatic rings. The third-order valence-corrected chi connectivity index (χ3v) is 9.19. The van der Waals surface area contributed by atoms with Gasteiger partial charge in [-0.05, 0) is 78.6 Å². The van der Waals surface area contributed by atoms with E-state index in [-0.39, 0.29) is 23.6 Å². The quantitative estimate of drug-likeness (QED) is 0.122. The summed E-state index contributed by atoms with van der Waals surface area (Å²) in [6.07, 6.45) is 1.72. The average Bonchev–Trinajstić information content (AvgIpc) is 3.12. The van der Waals surface area contributed by atoms with E-state index < -0.39 is 10.8 Å². The van der Waals surface area contributed by atoms with Crippen molar-refractivity contribution in [2.45, 2.75) is 54.4 Å². The van der Waals surface area contributed by atoms with Crippen LogP contribution in [0.4, 0.5) is 22.7 Å². The molecule has 0 N–H and O–H groups in total. The number of carbonyl (C=O) groups excluding carboxylic acids is 4. The molecule has 4 rings (SSSR count). The lowest BCUT2D eigenvalue weighted by Gasteiger charge is -2.27. The molecule has 4 amide bonds. The molecule has 0 radical (unpaired) electrons. The number of carbonyl (C=O) groups is 4. The molecule has 0 fully saturated rings. The summed E-state index contributed by atoms with van der Waals surface area (Å²) in [5.41, 5.74) is 0.695. The molecule has 2 heterocycles. The first-order chi connectivity index (χ1) is 21.7. The van der Waals surface area contributed by atoms with Crippen molar-refractivity contribution in [1.82, 2.24) is 0 Å². The first kappa shape index (κ1) is 37.4. The maximum atomic E-state index is 12.8. The van der Waals surface area contributed by atoms with E-state index in [2.05, 4.69) is 22.6 Å². The molecule has 0 spiro atoms. The van der Waals surface area contributed by atoms with Crippen molar-refractivity contribution in [2.24, 2.45) is 10.8 Å². The molecule has 0 aliphatic carbocycles. The van der Waals surface area contributed by atoms with Gasteiger partial charge < -0.3 is 29.1 Å². The molecule has 0 saturated carbocycles. The Bertz CT molecular complexity index is 1340. The monoisotopic (exact) mass is 768 g/mol. The molecule has 0 aromatic heterocycles. The van der Waals surface area contributed by atoms with Crippen molar-refractivity contribution < 1.29 is 28.7 Å². The number of halogens is 2. The maximum absolute atomic E-state index is 12.8. The van der Waals surface area contributed by atoms with Gasteiger partial charge in [-0.15, -0.1) is 11.6 Å². The number of hydrogen-bond acceptors (Lipinski definition) is 6. The maximum Gasteiger partial charge on any atom is 0.242 e. The van der Waals surface area contributed by atoms with Crippen LogP contribution in [0.5, 0.6) is 11.5 Å². The normalized spacial score (nSPS) is 17.1. The van der Waals surface area contributed by atoms with Crippen LogP contribution >= 0.6 is 34.2 Å². The van der Waals surface area contributed by atoms with Crippen LogP contribution in [0.25, 0.3) is 0 Å². The zero-order chi connectivity index (χ0) is 34.4. The fourth-order valence-corrected chi connectivity index (χ4v) is 5.85. The van der Waals surface area contributed by atoms with Crippen LogP contribution in [0.3, 0.4) is 0 Å². The van der Waals surface area contributed by atoms with E-state index in [4.69, 9.17) is 21.1 Å². The van der Waals surface area contributed by atoms with Gasteiger partial charge in [-0.3, -0.25) is 19.2 Å². The third-order valence-electron chi connectivity index (χ3n) is 8.16. The highest BCUT2D eigenvalue weighted by molar-refractivity contribution is 14.1. The van der Waals surface area contributed by atoms with Gasteiger partial charge in [0.05, 0.1) is 36.0 Å². The number of hydrogen-bond donors (Lipinski definition) is 0. The zero-order valence-electron chi connectivity index (χ0n) is 28.1. The Morgan fingerprint density at radius 1 is 0.652 bits per heavy atom. The molecule has 2 aromatic carbocycles. The van der Waals surface area contributed by atoms with Crippen LogP contribution in [-0.4, -0.2) is 74.3 Å². The standard InChI is InChI=1S/C17H23ClN2O3.C17H23IN2O3/c2*1-5-20-13-8-7-12(23-10-6-9-18)11-14(13)19(4)15(21)17(2,3)16(20)22/h2*7-8,11H,5-6,9-10H2,1-4H3. The van der Waals surface area contributed by atoms with Gasteiger partial charge in [0.2, 0.25) is 23.6 Å².